The molecule has 0 aliphatic rings. The monoisotopic (exact) mass is 170 g/mol. The first kappa shape index (κ1) is 22.4. The van der Waals surface area contributed by atoms with Crippen molar-refractivity contribution in [2.45, 2.75) is 20.0 Å². The number of hydrogen-bond donors (Lipinski definition) is 3. The van der Waals surface area contributed by atoms with Gasteiger partial charge in [0.1, 0.15) is 0 Å². The van der Waals surface area contributed by atoms with E-state index in [2.05, 4.69) is 0 Å². The molecule has 0 saturated carbocycles. The molecule has 0 aromatic heterocycles. The van der Waals surface area contributed by atoms with E-state index in [-0.39, 0.29) is 18.9 Å². The average molecular weight is 170 g/mol. The van der Waals surface area contributed by atoms with E-state index in [4.69, 9.17) is 10.2 Å². The zero-order valence-electron chi connectivity index (χ0n) is 7.46. The van der Waals surface area contributed by atoms with Gasteiger partial charge in [0, 0.05) is 0 Å². The van der Waals surface area contributed by atoms with Crippen LogP contribution in [-0.4, -0.2) is 23.8 Å². The van der Waals surface area contributed by atoms with E-state index in [0.29, 0.717) is 0 Å². The van der Waals surface area contributed by atoms with Gasteiger partial charge >= 0.3 is 0 Å². The summed E-state index contributed by atoms with van der Waals surface area (Å²) in [6.07, 6.45) is -1.34. The van der Waals surface area contributed by atoms with E-state index >= 15 is 0 Å². The van der Waals surface area contributed by atoms with Crippen LogP contribution in [-0.2, 0) is 4.79 Å². The standard InChI is InChI=1S/C3H6O3.C2H5O.2H3N/c1-2(4)3(5)6;1-2-3;;/h2,4H,1H3,(H,5,6);2H2,1H3;2*1H3/q;-1;;/p+1. The Morgan fingerprint density at radius 1 is 1.55 bits per heavy atom. The molecule has 11 heavy (non-hydrogen) atoms. The predicted molar refractivity (Wildman–Crippen MR) is 39.2 cm³/mol. The van der Waals surface area contributed by atoms with Crippen molar-refractivity contribution in [1.82, 2.24) is 12.3 Å². The number of hydrogen-bond acceptors (Lipinski definition) is 4. The zero-order valence-corrected chi connectivity index (χ0v) is 7.46. The van der Waals surface area contributed by atoms with Crippen LogP contribution >= 0.6 is 0 Å². The van der Waals surface area contributed by atoms with Gasteiger partial charge in [0.05, 0.1) is 12.1 Å². The van der Waals surface area contributed by atoms with Crippen LogP contribution in [0.5, 0.6) is 0 Å². The Labute approximate surface area is 66.0 Å². The highest BCUT2D eigenvalue weighted by Crippen LogP contribution is 1.69. The molecular formula is C5H18N2O4. The summed E-state index contributed by atoms with van der Waals surface area (Å²) in [5.74, 6) is -1.44. The molecule has 1 atom stereocenters. The second-order valence-corrected chi connectivity index (χ2v) is 1.28. The lowest BCUT2D eigenvalue weighted by Gasteiger charge is -2.00. The zero-order chi connectivity index (χ0) is 7.86. The first-order valence-electron chi connectivity index (χ1n) is 2.53. The van der Waals surface area contributed by atoms with Gasteiger partial charge in [-0.25, -0.2) is 0 Å². The van der Waals surface area contributed by atoms with E-state index in [1.165, 1.54) is 0 Å². The molecule has 72 valence electrons. The number of aliphatic carboxylic acids is 1. The highest BCUT2D eigenvalue weighted by Gasteiger charge is 1.89. The minimum absolute atomic E-state index is 0. The van der Waals surface area contributed by atoms with Crippen molar-refractivity contribution in [1.29, 1.82) is 0 Å². The Kier molecular flexibility index (Phi) is 32.9. The molecule has 0 aromatic rings. The first-order chi connectivity index (χ1) is 4.06. The lowest BCUT2D eigenvalue weighted by Crippen LogP contribution is -2.32. The Hall–Kier alpha value is -0.690. The van der Waals surface area contributed by atoms with Gasteiger partial charge in [0.2, 0.25) is 0 Å². The van der Waals surface area contributed by atoms with Gasteiger partial charge in [-0.05, 0) is 6.92 Å². The number of aliphatic hydroxyl groups is 1. The summed E-state index contributed by atoms with van der Waals surface area (Å²) in [7, 11) is 0. The van der Waals surface area contributed by atoms with Crippen LogP contribution in [0.25, 0.3) is 0 Å². The van der Waals surface area contributed by atoms with Gasteiger partial charge in [-0.2, -0.15) is 0 Å². The Bertz CT molecular complexity index is 76.9. The molecule has 0 aromatic carbocycles. The minimum atomic E-state index is -1.44. The smallest absolute Gasteiger partial charge is 0.0905 e. The van der Waals surface area contributed by atoms with Gasteiger partial charge in [-0.3, -0.25) is 0 Å². The fourth-order valence-electron chi connectivity index (χ4n) is 0. The van der Waals surface area contributed by atoms with E-state index in [9.17, 15) is 9.90 Å². The summed E-state index contributed by atoms with van der Waals surface area (Å²) in [6, 6.07) is 0. The third kappa shape index (κ3) is 45.4. The van der Waals surface area contributed by atoms with Crippen molar-refractivity contribution >= 4 is 5.97 Å². The van der Waals surface area contributed by atoms with Crippen molar-refractivity contribution in [2.24, 2.45) is 0 Å². The SMILES string of the molecule is CC(O)C(=O)[O-].CC[O-].[NH4+].[NH4+]. The Morgan fingerprint density at radius 3 is 1.64 bits per heavy atom. The van der Waals surface area contributed by atoms with Gasteiger partial charge in [0.15, 0.2) is 0 Å². The normalized spacial score (nSPS) is 9.09. The van der Waals surface area contributed by atoms with Crippen molar-refractivity contribution in [3.63, 3.8) is 0 Å². The second-order valence-electron chi connectivity index (χ2n) is 1.28. The fourth-order valence-corrected chi connectivity index (χ4v) is 0. The number of aliphatic hydroxyl groups excluding tert-OH is 1. The topological polar surface area (TPSA) is 156 Å². The predicted octanol–water partition coefficient (Wildman–Crippen LogP) is -1.76. The van der Waals surface area contributed by atoms with Crippen LogP contribution in [0.2, 0.25) is 0 Å². The van der Waals surface area contributed by atoms with Crippen molar-refractivity contribution < 1.29 is 20.1 Å². The molecule has 0 radical (unpaired) electrons. The number of carboxylic acids is 1. The van der Waals surface area contributed by atoms with Crippen molar-refractivity contribution in [3.8, 4) is 0 Å². The summed E-state index contributed by atoms with van der Waals surface area (Å²) in [6.45, 7) is 2.70. The Balaban J connectivity index is -0.0000000437. The third-order valence-corrected chi connectivity index (χ3v) is 0.341. The van der Waals surface area contributed by atoms with Crippen LogP contribution in [0.4, 0.5) is 0 Å². The van der Waals surface area contributed by atoms with Gasteiger partial charge in [-0.1, -0.05) is 6.92 Å². The van der Waals surface area contributed by atoms with Gasteiger partial charge < -0.3 is 32.4 Å². The molecule has 0 aliphatic heterocycles. The Morgan fingerprint density at radius 2 is 1.64 bits per heavy atom. The van der Waals surface area contributed by atoms with Crippen LogP contribution in [0.15, 0.2) is 0 Å². The molecular weight excluding hydrogens is 152 g/mol. The minimum Gasteiger partial charge on any atom is -0.855 e. The lowest BCUT2D eigenvalue weighted by atomic mass is 10.4. The average Bonchev–Trinajstić information content (AvgIpc) is 1.68. The van der Waals surface area contributed by atoms with Crippen molar-refractivity contribution in [3.05, 3.63) is 0 Å². The molecule has 0 bridgehead atoms. The molecule has 6 heteroatoms. The molecule has 1 unspecified atom stereocenters. The number of carbonyl (C=O) groups excluding carboxylic acids is 1. The quantitative estimate of drug-likeness (QED) is 0.425. The maximum Gasteiger partial charge on any atom is 0.0905 e. The number of rotatable bonds is 1. The van der Waals surface area contributed by atoms with Crippen molar-refractivity contribution in [2.75, 3.05) is 6.61 Å². The van der Waals surface area contributed by atoms with E-state index in [0.717, 1.165) is 6.92 Å². The van der Waals surface area contributed by atoms with E-state index in [1.54, 1.807) is 6.92 Å². The second kappa shape index (κ2) is 16.1. The molecule has 6 nitrogen and oxygen atoms in total. The summed E-state index contributed by atoms with van der Waals surface area (Å²) < 4.78 is 0. The van der Waals surface area contributed by atoms with Crippen LogP contribution < -0.4 is 22.5 Å². The molecule has 0 rings (SSSR count). The molecule has 0 aliphatic carbocycles. The van der Waals surface area contributed by atoms with Gasteiger partial charge in [-0.15, -0.1) is 6.61 Å². The summed E-state index contributed by atoms with van der Waals surface area (Å²) in [5, 5.41) is 26.2. The van der Waals surface area contributed by atoms with Crippen LogP contribution in [0, 0.1) is 0 Å². The lowest BCUT2D eigenvalue weighted by molar-refractivity contribution is -0.361. The molecule has 0 spiro atoms. The fraction of sp³-hybridized carbons (Fsp3) is 0.800. The highest BCUT2D eigenvalue weighted by atomic mass is 16.4. The molecule has 9 N–H and O–H groups in total. The summed E-state index contributed by atoms with van der Waals surface area (Å²) in [4.78, 5) is 9.34. The molecule has 0 fully saturated rings. The summed E-state index contributed by atoms with van der Waals surface area (Å²) >= 11 is 0. The number of carboxylic acid groups (broad SMARTS) is 1. The number of carbonyl (C=O) groups is 1. The van der Waals surface area contributed by atoms with E-state index in [1.807, 2.05) is 0 Å². The van der Waals surface area contributed by atoms with Crippen LogP contribution in [0.3, 0.4) is 0 Å². The highest BCUT2D eigenvalue weighted by molar-refractivity contribution is 5.68. The van der Waals surface area contributed by atoms with Gasteiger partial charge in [0.25, 0.3) is 0 Å². The molecule has 0 saturated heterocycles. The van der Waals surface area contributed by atoms with Crippen LogP contribution in [0.1, 0.15) is 13.8 Å². The third-order valence-electron chi connectivity index (χ3n) is 0.341. The van der Waals surface area contributed by atoms with E-state index < -0.39 is 12.1 Å². The molecule has 0 heterocycles. The first-order valence-corrected chi connectivity index (χ1v) is 2.53. The molecule has 0 amide bonds. The number of quaternary nitrogens is 2. The maximum atomic E-state index is 9.34. The largest absolute Gasteiger partial charge is 0.855 e. The maximum absolute atomic E-state index is 9.34. The summed E-state index contributed by atoms with van der Waals surface area (Å²) in [5.41, 5.74) is 0.